The lowest BCUT2D eigenvalue weighted by Gasteiger charge is -2.33. The second-order valence-electron chi connectivity index (χ2n) is 8.96. The van der Waals surface area contributed by atoms with Crippen LogP contribution < -0.4 is 15.0 Å². The number of amides is 2. The molecule has 0 saturated heterocycles. The molecule has 36 heavy (non-hydrogen) atoms. The van der Waals surface area contributed by atoms with Gasteiger partial charge < -0.3 is 10.1 Å². The van der Waals surface area contributed by atoms with Gasteiger partial charge in [0.2, 0.25) is 11.8 Å². The Balaban J connectivity index is 1.53. The highest BCUT2D eigenvalue weighted by Crippen LogP contribution is 2.33. The summed E-state index contributed by atoms with van der Waals surface area (Å²) in [6, 6.07) is 17.9. The number of hydrogen-bond acceptors (Lipinski definition) is 6. The van der Waals surface area contributed by atoms with Crippen molar-refractivity contribution in [3.63, 3.8) is 0 Å². The predicted octanol–water partition coefficient (Wildman–Crippen LogP) is 4.72. The highest BCUT2D eigenvalue weighted by Gasteiger charge is 2.35. The van der Waals surface area contributed by atoms with Crippen molar-refractivity contribution in [3.05, 3.63) is 70.9 Å². The number of methoxy groups -OCH3 is 1. The van der Waals surface area contributed by atoms with E-state index >= 15 is 0 Å². The fourth-order valence-corrected chi connectivity index (χ4v) is 5.60. The van der Waals surface area contributed by atoms with Gasteiger partial charge in [0.1, 0.15) is 23.9 Å². The maximum atomic E-state index is 14.0. The number of aromatic nitrogens is 3. The number of ether oxygens (including phenoxy) is 1. The number of hydrogen-bond donors (Lipinski definition) is 1. The van der Waals surface area contributed by atoms with Crippen molar-refractivity contribution in [3.8, 4) is 5.75 Å². The number of fused-ring (bicyclic) bond motifs is 1. The summed E-state index contributed by atoms with van der Waals surface area (Å²) in [4.78, 5) is 30.2. The standard InChI is InChI=1S/C27H29N5O3S/c1-35-21-12-7-11-20(17-21)32(25(33)18-31-23-14-6-5-13-22(23)29-30-31)26(24-15-8-16-36-24)27(34)28-19-9-3-2-4-10-19/h5-8,11-17,19,26H,2-4,9-10,18H2,1H3,(H,28,34). The summed E-state index contributed by atoms with van der Waals surface area (Å²) in [5.41, 5.74) is 2.06. The first-order valence-electron chi connectivity index (χ1n) is 12.2. The molecule has 2 aromatic carbocycles. The number of carbonyl (C=O) groups is 2. The van der Waals surface area contributed by atoms with Gasteiger partial charge in [-0.15, -0.1) is 16.4 Å². The van der Waals surface area contributed by atoms with E-state index in [1.165, 1.54) is 17.8 Å². The number of carbonyl (C=O) groups excluding carboxylic acids is 2. The van der Waals surface area contributed by atoms with Gasteiger partial charge in [0.15, 0.2) is 0 Å². The van der Waals surface area contributed by atoms with E-state index in [0.717, 1.165) is 36.1 Å². The van der Waals surface area contributed by atoms with Gasteiger partial charge in [-0.1, -0.05) is 48.7 Å². The number of benzene rings is 2. The fraction of sp³-hybridized carbons (Fsp3) is 0.333. The minimum absolute atomic E-state index is 0.0592. The fourth-order valence-electron chi connectivity index (χ4n) is 4.78. The van der Waals surface area contributed by atoms with Gasteiger partial charge in [-0.25, -0.2) is 4.68 Å². The molecule has 1 aliphatic rings. The predicted molar refractivity (Wildman–Crippen MR) is 140 cm³/mol. The van der Waals surface area contributed by atoms with Crippen LogP contribution in [0.2, 0.25) is 0 Å². The molecule has 2 aromatic heterocycles. The van der Waals surface area contributed by atoms with Gasteiger partial charge in [0.05, 0.1) is 12.6 Å². The Kier molecular flexibility index (Phi) is 7.27. The van der Waals surface area contributed by atoms with Crippen molar-refractivity contribution in [1.29, 1.82) is 0 Å². The summed E-state index contributed by atoms with van der Waals surface area (Å²) in [5.74, 6) is 0.161. The number of nitrogens with zero attached hydrogens (tertiary/aromatic N) is 4. The van der Waals surface area contributed by atoms with Crippen LogP contribution in [0.3, 0.4) is 0 Å². The zero-order valence-corrected chi connectivity index (χ0v) is 21.0. The van der Waals surface area contributed by atoms with E-state index in [0.29, 0.717) is 17.0 Å². The molecule has 1 saturated carbocycles. The quantitative estimate of drug-likeness (QED) is 0.376. The van der Waals surface area contributed by atoms with Gasteiger partial charge in [-0.3, -0.25) is 14.5 Å². The topological polar surface area (TPSA) is 89.3 Å². The van der Waals surface area contributed by atoms with E-state index in [9.17, 15) is 9.59 Å². The average molecular weight is 504 g/mol. The van der Waals surface area contributed by atoms with Crippen molar-refractivity contribution in [2.45, 2.75) is 50.7 Å². The highest BCUT2D eigenvalue weighted by atomic mass is 32.1. The van der Waals surface area contributed by atoms with Gasteiger partial charge in [0.25, 0.3) is 0 Å². The van der Waals surface area contributed by atoms with Crippen LogP contribution in [0, 0.1) is 0 Å². The second kappa shape index (κ2) is 10.9. The number of para-hydroxylation sites is 1. The summed E-state index contributed by atoms with van der Waals surface area (Å²) in [6.45, 7) is -0.0592. The SMILES string of the molecule is COc1cccc(N(C(=O)Cn2nnc3ccccc32)C(C(=O)NC2CCCCC2)c2cccs2)c1. The maximum Gasteiger partial charge on any atom is 0.249 e. The van der Waals surface area contributed by atoms with Crippen LogP contribution in [0.25, 0.3) is 11.0 Å². The summed E-state index contributed by atoms with van der Waals surface area (Å²) in [7, 11) is 1.58. The maximum absolute atomic E-state index is 14.0. The third-order valence-corrected chi connectivity index (χ3v) is 7.50. The molecule has 1 aliphatic carbocycles. The van der Waals surface area contributed by atoms with E-state index in [1.807, 2.05) is 60.0 Å². The monoisotopic (exact) mass is 503 g/mol. The van der Waals surface area contributed by atoms with Crippen LogP contribution in [0.1, 0.15) is 43.0 Å². The smallest absolute Gasteiger partial charge is 0.249 e. The summed E-state index contributed by atoms with van der Waals surface area (Å²) in [5, 5.41) is 13.5. The van der Waals surface area contributed by atoms with E-state index in [4.69, 9.17) is 4.74 Å². The molecule has 5 rings (SSSR count). The third kappa shape index (κ3) is 5.11. The Morgan fingerprint density at radius 3 is 2.72 bits per heavy atom. The second-order valence-corrected chi connectivity index (χ2v) is 9.94. The first kappa shape index (κ1) is 24.0. The molecule has 1 atom stereocenters. The molecule has 1 fully saturated rings. The molecule has 2 heterocycles. The van der Waals surface area contributed by atoms with Crippen LogP contribution in [-0.2, 0) is 16.1 Å². The Hall–Kier alpha value is -3.72. The van der Waals surface area contributed by atoms with Gasteiger partial charge in [-0.2, -0.15) is 0 Å². The van der Waals surface area contributed by atoms with Crippen LogP contribution in [0.15, 0.2) is 66.0 Å². The Bertz CT molecular complexity index is 1330. The van der Waals surface area contributed by atoms with Crippen LogP contribution >= 0.6 is 11.3 Å². The van der Waals surface area contributed by atoms with E-state index in [-0.39, 0.29) is 24.4 Å². The van der Waals surface area contributed by atoms with Gasteiger partial charge in [-0.05, 0) is 48.6 Å². The van der Waals surface area contributed by atoms with E-state index < -0.39 is 6.04 Å². The molecule has 0 aliphatic heterocycles. The zero-order valence-electron chi connectivity index (χ0n) is 20.2. The van der Waals surface area contributed by atoms with Crippen molar-refractivity contribution < 1.29 is 14.3 Å². The normalized spacial score (nSPS) is 14.9. The minimum Gasteiger partial charge on any atom is -0.497 e. The Morgan fingerprint density at radius 1 is 1.11 bits per heavy atom. The Labute approximate surface area is 213 Å². The Morgan fingerprint density at radius 2 is 1.94 bits per heavy atom. The molecule has 0 radical (unpaired) electrons. The highest BCUT2D eigenvalue weighted by molar-refractivity contribution is 7.10. The largest absolute Gasteiger partial charge is 0.497 e. The number of thiophene rings is 1. The van der Waals surface area contributed by atoms with Crippen molar-refractivity contribution in [1.82, 2.24) is 20.3 Å². The molecule has 9 heteroatoms. The zero-order chi connectivity index (χ0) is 24.9. The van der Waals surface area contributed by atoms with Crippen LogP contribution in [-0.4, -0.2) is 40.0 Å². The number of anilines is 1. The van der Waals surface area contributed by atoms with Crippen molar-refractivity contribution >= 4 is 39.9 Å². The minimum atomic E-state index is -0.818. The lowest BCUT2D eigenvalue weighted by molar-refractivity contribution is -0.127. The van der Waals surface area contributed by atoms with Crippen LogP contribution in [0.4, 0.5) is 5.69 Å². The van der Waals surface area contributed by atoms with E-state index in [1.54, 1.807) is 22.8 Å². The molecule has 186 valence electrons. The first-order chi connectivity index (χ1) is 17.6. The number of nitrogens with one attached hydrogen (secondary N) is 1. The first-order valence-corrected chi connectivity index (χ1v) is 13.1. The third-order valence-electron chi connectivity index (χ3n) is 6.58. The van der Waals surface area contributed by atoms with Crippen molar-refractivity contribution in [2.24, 2.45) is 0 Å². The van der Waals surface area contributed by atoms with E-state index in [2.05, 4.69) is 15.6 Å². The van der Waals surface area contributed by atoms with Crippen LogP contribution in [0.5, 0.6) is 5.75 Å². The molecule has 8 nitrogen and oxygen atoms in total. The average Bonchev–Trinajstić information content (AvgIpc) is 3.58. The van der Waals surface area contributed by atoms with Gasteiger partial charge >= 0.3 is 0 Å². The molecule has 4 aromatic rings. The molecule has 2 amide bonds. The molecule has 0 spiro atoms. The molecule has 1 N–H and O–H groups in total. The molecular weight excluding hydrogens is 474 g/mol. The summed E-state index contributed by atoms with van der Waals surface area (Å²) in [6.07, 6.45) is 5.32. The van der Waals surface area contributed by atoms with Gasteiger partial charge in [0, 0.05) is 22.7 Å². The molecular formula is C27H29N5O3S. The molecule has 1 unspecified atom stereocenters. The number of rotatable bonds is 8. The lowest BCUT2D eigenvalue weighted by Crippen LogP contribution is -2.48. The summed E-state index contributed by atoms with van der Waals surface area (Å²) >= 11 is 1.46. The van der Waals surface area contributed by atoms with Crippen molar-refractivity contribution in [2.75, 3.05) is 12.0 Å². The summed E-state index contributed by atoms with van der Waals surface area (Å²) < 4.78 is 7.02. The lowest BCUT2D eigenvalue weighted by atomic mass is 9.95. The molecule has 0 bridgehead atoms.